The zero-order valence-corrected chi connectivity index (χ0v) is 49.6. The Morgan fingerprint density at radius 1 is 0.280 bits per heavy atom. The van der Waals surface area contributed by atoms with Crippen molar-refractivity contribution < 1.29 is 28.6 Å². The minimum absolute atomic E-state index is 0.0747. The molecule has 0 fully saturated rings. The van der Waals surface area contributed by atoms with Crippen molar-refractivity contribution in [2.45, 2.75) is 322 Å². The molecule has 0 aromatic heterocycles. The topological polar surface area (TPSA) is 78.9 Å². The maximum Gasteiger partial charge on any atom is 0.306 e. The fraction of sp³-hybridized carbons (Fsp3) is 0.754. The van der Waals surface area contributed by atoms with Gasteiger partial charge in [-0.2, -0.15) is 0 Å². The fourth-order valence-electron chi connectivity index (χ4n) is 9.13. The van der Waals surface area contributed by atoms with E-state index in [4.69, 9.17) is 14.2 Å². The van der Waals surface area contributed by atoms with Crippen molar-refractivity contribution in [3.8, 4) is 0 Å². The van der Waals surface area contributed by atoms with Gasteiger partial charge in [0.2, 0.25) is 0 Å². The summed E-state index contributed by atoms with van der Waals surface area (Å²) in [6, 6.07) is 0. The third-order valence-corrected chi connectivity index (χ3v) is 13.9. The van der Waals surface area contributed by atoms with Gasteiger partial charge in [-0.25, -0.2) is 0 Å². The molecule has 0 rings (SSSR count). The Hall–Kier alpha value is -3.41. The molecule has 0 N–H and O–H groups in total. The fourth-order valence-corrected chi connectivity index (χ4v) is 9.13. The normalized spacial score (nSPS) is 12.6. The van der Waals surface area contributed by atoms with Gasteiger partial charge < -0.3 is 14.2 Å². The standard InChI is InChI=1S/C69H120O6/c1-4-7-10-13-16-18-20-22-24-26-28-30-31-32-33-34-35-36-37-38-39-40-42-43-45-47-49-51-53-56-59-62-68(71)74-65-66(64-73-67(70)61-58-55-15-12-9-6-3)75-69(72)63-60-57-54-52-50-48-46-44-41-29-27-25-23-21-19-17-14-11-8-5-2/h7,10,16,18,22,24,28,30,32-33,35-36,38-39,66H,4-6,8-9,11-15,17,19-21,23,25-27,29,31,34,37,40-65H2,1-3H3/b10-7-,18-16-,24-22-,30-28-,33-32-,36-35-,39-38-. The SMILES string of the molecule is CC/C=C\C/C=C\C/C=C\C/C=C\C/C=C\C/C=C\C/C=C\CCCCCCCCCCCC(=O)OCC(COC(=O)CCCCCCCC)OC(=O)CCCCCCCCCCCCCCCCCCCCCC. The molecule has 6 nitrogen and oxygen atoms in total. The maximum atomic E-state index is 12.8. The van der Waals surface area contributed by atoms with Crippen LogP contribution >= 0.6 is 0 Å². The summed E-state index contributed by atoms with van der Waals surface area (Å²) in [5.74, 6) is -0.877. The van der Waals surface area contributed by atoms with Crippen molar-refractivity contribution in [3.63, 3.8) is 0 Å². The van der Waals surface area contributed by atoms with E-state index in [0.29, 0.717) is 19.3 Å². The molecule has 0 heterocycles. The van der Waals surface area contributed by atoms with Crippen LogP contribution < -0.4 is 0 Å². The van der Waals surface area contributed by atoms with Crippen molar-refractivity contribution in [2.24, 2.45) is 0 Å². The molecular formula is C69H120O6. The van der Waals surface area contributed by atoms with E-state index in [-0.39, 0.29) is 31.1 Å². The predicted molar refractivity (Wildman–Crippen MR) is 325 cm³/mol. The molecule has 0 radical (unpaired) electrons. The smallest absolute Gasteiger partial charge is 0.306 e. The highest BCUT2D eigenvalue weighted by molar-refractivity contribution is 5.71. The first kappa shape index (κ1) is 71.6. The van der Waals surface area contributed by atoms with Crippen LogP contribution in [0.1, 0.15) is 316 Å². The van der Waals surface area contributed by atoms with Gasteiger partial charge in [0.05, 0.1) is 0 Å². The van der Waals surface area contributed by atoms with E-state index in [1.54, 1.807) is 0 Å². The van der Waals surface area contributed by atoms with Gasteiger partial charge in [0.15, 0.2) is 6.10 Å². The van der Waals surface area contributed by atoms with Crippen LogP contribution in [0.2, 0.25) is 0 Å². The van der Waals surface area contributed by atoms with E-state index in [1.807, 2.05) is 0 Å². The third kappa shape index (κ3) is 61.3. The summed E-state index contributed by atoms with van der Waals surface area (Å²) >= 11 is 0. The number of esters is 3. The Morgan fingerprint density at radius 2 is 0.520 bits per heavy atom. The van der Waals surface area contributed by atoms with Gasteiger partial charge in [-0.3, -0.25) is 14.4 Å². The summed E-state index contributed by atoms with van der Waals surface area (Å²) in [5, 5.41) is 0. The summed E-state index contributed by atoms with van der Waals surface area (Å²) < 4.78 is 16.8. The number of carbonyl (C=O) groups is 3. The predicted octanol–water partition coefficient (Wildman–Crippen LogP) is 21.9. The molecule has 0 aliphatic rings. The average molecular weight is 1050 g/mol. The van der Waals surface area contributed by atoms with Crippen molar-refractivity contribution in [3.05, 3.63) is 85.1 Å². The number of hydrogen-bond donors (Lipinski definition) is 0. The van der Waals surface area contributed by atoms with Crippen LogP contribution in [-0.2, 0) is 28.6 Å². The van der Waals surface area contributed by atoms with Crippen LogP contribution in [0.3, 0.4) is 0 Å². The first-order valence-electron chi connectivity index (χ1n) is 32.1. The lowest BCUT2D eigenvalue weighted by atomic mass is 10.0. The van der Waals surface area contributed by atoms with E-state index < -0.39 is 6.10 Å². The number of carbonyl (C=O) groups excluding carboxylic acids is 3. The van der Waals surface area contributed by atoms with Gasteiger partial charge in [-0.05, 0) is 77.0 Å². The summed E-state index contributed by atoms with van der Waals surface area (Å²) in [4.78, 5) is 38.0. The first-order valence-corrected chi connectivity index (χ1v) is 32.1. The second-order valence-electron chi connectivity index (χ2n) is 21.3. The molecule has 0 saturated carbocycles. The Balaban J connectivity index is 4.08. The van der Waals surface area contributed by atoms with Gasteiger partial charge in [-0.15, -0.1) is 0 Å². The quantitative estimate of drug-likeness (QED) is 0.0261. The number of unbranched alkanes of at least 4 members (excludes halogenated alkanes) is 33. The van der Waals surface area contributed by atoms with Gasteiger partial charge >= 0.3 is 17.9 Å². The highest BCUT2D eigenvalue weighted by Crippen LogP contribution is 2.17. The highest BCUT2D eigenvalue weighted by atomic mass is 16.6. The van der Waals surface area contributed by atoms with E-state index in [0.717, 1.165) is 109 Å². The molecule has 0 aliphatic heterocycles. The summed E-state index contributed by atoms with van der Waals surface area (Å²) in [6.45, 7) is 6.50. The summed E-state index contributed by atoms with van der Waals surface area (Å²) in [5.41, 5.74) is 0. The Kier molecular flexibility index (Phi) is 60.3. The minimum atomic E-state index is -0.774. The average Bonchev–Trinajstić information content (AvgIpc) is 3.41. The molecule has 75 heavy (non-hydrogen) atoms. The molecule has 0 spiro atoms. The van der Waals surface area contributed by atoms with Crippen LogP contribution in [0.25, 0.3) is 0 Å². The molecule has 0 aromatic carbocycles. The molecule has 6 heteroatoms. The number of ether oxygens (including phenoxy) is 3. The third-order valence-electron chi connectivity index (χ3n) is 13.9. The van der Waals surface area contributed by atoms with Crippen molar-refractivity contribution in [2.75, 3.05) is 13.2 Å². The van der Waals surface area contributed by atoms with Gasteiger partial charge in [0, 0.05) is 19.3 Å². The molecule has 1 unspecified atom stereocenters. The van der Waals surface area contributed by atoms with E-state index in [1.165, 1.54) is 167 Å². The van der Waals surface area contributed by atoms with Crippen LogP contribution in [0.15, 0.2) is 85.1 Å². The first-order chi connectivity index (χ1) is 37.0. The van der Waals surface area contributed by atoms with Crippen LogP contribution in [-0.4, -0.2) is 37.2 Å². The van der Waals surface area contributed by atoms with Gasteiger partial charge in [0.25, 0.3) is 0 Å². The van der Waals surface area contributed by atoms with Crippen LogP contribution in [0, 0.1) is 0 Å². The number of allylic oxidation sites excluding steroid dienone is 14. The van der Waals surface area contributed by atoms with Gasteiger partial charge in [-0.1, -0.05) is 305 Å². The molecule has 1 atom stereocenters. The zero-order valence-electron chi connectivity index (χ0n) is 49.6. The van der Waals surface area contributed by atoms with E-state index >= 15 is 0 Å². The second-order valence-corrected chi connectivity index (χ2v) is 21.3. The van der Waals surface area contributed by atoms with Crippen molar-refractivity contribution >= 4 is 17.9 Å². The largest absolute Gasteiger partial charge is 0.462 e. The lowest BCUT2D eigenvalue weighted by Gasteiger charge is -2.18. The lowest BCUT2D eigenvalue weighted by Crippen LogP contribution is -2.30. The second kappa shape index (κ2) is 63.1. The van der Waals surface area contributed by atoms with Crippen LogP contribution in [0.4, 0.5) is 0 Å². The lowest BCUT2D eigenvalue weighted by molar-refractivity contribution is -0.167. The monoisotopic (exact) mass is 1040 g/mol. The Morgan fingerprint density at radius 3 is 0.813 bits per heavy atom. The van der Waals surface area contributed by atoms with Gasteiger partial charge in [0.1, 0.15) is 13.2 Å². The van der Waals surface area contributed by atoms with E-state index in [2.05, 4.69) is 106 Å². The molecule has 0 aliphatic carbocycles. The molecule has 0 saturated heterocycles. The van der Waals surface area contributed by atoms with Crippen molar-refractivity contribution in [1.29, 1.82) is 0 Å². The molecular weight excluding hydrogens is 925 g/mol. The number of rotatable bonds is 58. The summed E-state index contributed by atoms with van der Waals surface area (Å²) in [6.07, 6.45) is 83.4. The summed E-state index contributed by atoms with van der Waals surface area (Å²) in [7, 11) is 0. The van der Waals surface area contributed by atoms with Crippen LogP contribution in [0.5, 0.6) is 0 Å². The maximum absolute atomic E-state index is 12.8. The van der Waals surface area contributed by atoms with E-state index in [9.17, 15) is 14.4 Å². The zero-order chi connectivity index (χ0) is 54.3. The molecule has 0 aromatic rings. The Bertz CT molecular complexity index is 1430. The molecule has 0 amide bonds. The minimum Gasteiger partial charge on any atom is -0.462 e. The number of hydrogen-bond acceptors (Lipinski definition) is 6. The molecule has 432 valence electrons. The Labute approximate surface area is 465 Å². The van der Waals surface area contributed by atoms with Crippen molar-refractivity contribution in [1.82, 2.24) is 0 Å². The highest BCUT2D eigenvalue weighted by Gasteiger charge is 2.19. The molecule has 0 bridgehead atoms.